The van der Waals surface area contributed by atoms with Gasteiger partial charge in [0.1, 0.15) is 10.7 Å². The zero-order valence-electron chi connectivity index (χ0n) is 9.82. The molecule has 0 bridgehead atoms. The second-order valence-electron chi connectivity index (χ2n) is 3.63. The van der Waals surface area contributed by atoms with Crippen LogP contribution in [0.3, 0.4) is 0 Å². The third kappa shape index (κ3) is 2.88. The molecule has 2 aromatic rings. The van der Waals surface area contributed by atoms with Gasteiger partial charge in [-0.15, -0.1) is 0 Å². The largest absolute Gasteiger partial charge is 0.478 e. The summed E-state index contributed by atoms with van der Waals surface area (Å²) >= 11 is 0. The lowest BCUT2D eigenvalue weighted by molar-refractivity contribution is 0.0696. The number of benzene rings is 1. The monoisotopic (exact) mass is 297 g/mol. The highest BCUT2D eigenvalue weighted by Gasteiger charge is 2.21. The van der Waals surface area contributed by atoms with Crippen LogP contribution in [0.25, 0.3) is 0 Å². The van der Waals surface area contributed by atoms with Crippen LogP contribution in [-0.4, -0.2) is 29.5 Å². The van der Waals surface area contributed by atoms with Gasteiger partial charge >= 0.3 is 5.97 Å². The van der Waals surface area contributed by atoms with Gasteiger partial charge in [-0.3, -0.25) is 0 Å². The van der Waals surface area contributed by atoms with E-state index in [1.807, 2.05) is 4.72 Å². The molecule has 0 radical (unpaired) electrons. The van der Waals surface area contributed by atoms with E-state index >= 15 is 0 Å². The van der Waals surface area contributed by atoms with Crippen LogP contribution in [-0.2, 0) is 10.0 Å². The molecule has 1 aromatic heterocycles. The fourth-order valence-electron chi connectivity index (χ4n) is 1.38. The maximum absolute atomic E-state index is 13.7. The van der Waals surface area contributed by atoms with Gasteiger partial charge in [0.05, 0.1) is 5.56 Å². The highest BCUT2D eigenvalue weighted by molar-refractivity contribution is 7.92. The van der Waals surface area contributed by atoms with Crippen molar-refractivity contribution < 1.29 is 22.7 Å². The topological polar surface area (TPSA) is 109 Å². The number of halogens is 1. The van der Waals surface area contributed by atoms with Crippen LogP contribution < -0.4 is 4.72 Å². The molecule has 0 fully saturated rings. The molecule has 0 aliphatic rings. The molecule has 0 aliphatic heterocycles. The highest BCUT2D eigenvalue weighted by atomic mass is 32.2. The number of carboxylic acids is 1. The fraction of sp³-hybridized carbons (Fsp3) is 0. The van der Waals surface area contributed by atoms with Crippen LogP contribution in [0.15, 0.2) is 41.6 Å². The van der Waals surface area contributed by atoms with E-state index in [0.717, 1.165) is 12.1 Å². The molecule has 0 atom stereocenters. The lowest BCUT2D eigenvalue weighted by atomic mass is 10.2. The zero-order valence-corrected chi connectivity index (χ0v) is 10.6. The number of carboxylic acid groups (broad SMARTS) is 1. The molecule has 104 valence electrons. The number of sulfonamides is 1. The molecule has 9 heteroatoms. The molecule has 1 heterocycles. The summed E-state index contributed by atoms with van der Waals surface area (Å²) in [6.07, 6.45) is 2.63. The number of nitrogens with zero attached hydrogens (tertiary/aromatic N) is 2. The minimum atomic E-state index is -4.23. The molecule has 0 saturated carbocycles. The van der Waals surface area contributed by atoms with Gasteiger partial charge in [-0.05, 0) is 24.3 Å². The van der Waals surface area contributed by atoms with E-state index in [1.165, 1.54) is 18.5 Å². The Labute approximate surface area is 113 Å². The first kappa shape index (κ1) is 13.9. The summed E-state index contributed by atoms with van der Waals surface area (Å²) in [5.74, 6) is -2.74. The normalized spacial score (nSPS) is 11.1. The molecule has 7 nitrogen and oxygen atoms in total. The molecule has 0 saturated heterocycles. The Morgan fingerprint density at radius 2 is 1.90 bits per heavy atom. The Hall–Kier alpha value is -2.55. The van der Waals surface area contributed by atoms with Crippen LogP contribution in [0.5, 0.6) is 0 Å². The van der Waals surface area contributed by atoms with Gasteiger partial charge in [0.2, 0.25) is 5.95 Å². The lowest BCUT2D eigenvalue weighted by Crippen LogP contribution is -2.16. The van der Waals surface area contributed by atoms with Gasteiger partial charge in [0.25, 0.3) is 10.0 Å². The predicted molar refractivity (Wildman–Crippen MR) is 66.2 cm³/mol. The van der Waals surface area contributed by atoms with Crippen molar-refractivity contribution in [2.45, 2.75) is 4.90 Å². The van der Waals surface area contributed by atoms with Crippen molar-refractivity contribution in [3.63, 3.8) is 0 Å². The molecule has 0 amide bonds. The SMILES string of the molecule is O=C(O)c1ccc(S(=O)(=O)Nc2ncccn2)c(F)c1. The van der Waals surface area contributed by atoms with Gasteiger partial charge in [-0.2, -0.15) is 0 Å². The van der Waals surface area contributed by atoms with Crippen LogP contribution in [0.1, 0.15) is 10.4 Å². The minimum Gasteiger partial charge on any atom is -0.478 e. The average Bonchev–Trinajstić information content (AvgIpc) is 2.38. The summed E-state index contributed by atoms with van der Waals surface area (Å²) in [4.78, 5) is 17.3. The molecule has 1 aromatic carbocycles. The van der Waals surface area contributed by atoms with Crippen LogP contribution >= 0.6 is 0 Å². The van der Waals surface area contributed by atoms with Crippen molar-refractivity contribution in [1.29, 1.82) is 0 Å². The van der Waals surface area contributed by atoms with E-state index in [4.69, 9.17) is 5.11 Å². The van der Waals surface area contributed by atoms with Gasteiger partial charge in [0, 0.05) is 12.4 Å². The van der Waals surface area contributed by atoms with Gasteiger partial charge in [0.15, 0.2) is 0 Å². The summed E-state index contributed by atoms with van der Waals surface area (Å²) in [6, 6.07) is 3.97. The highest BCUT2D eigenvalue weighted by Crippen LogP contribution is 2.18. The van der Waals surface area contributed by atoms with Crippen LogP contribution in [0.4, 0.5) is 10.3 Å². The maximum atomic E-state index is 13.7. The summed E-state index contributed by atoms with van der Waals surface area (Å²) in [5.41, 5.74) is -0.350. The van der Waals surface area contributed by atoms with Crippen molar-refractivity contribution in [2.75, 3.05) is 4.72 Å². The van der Waals surface area contributed by atoms with Crippen LogP contribution in [0, 0.1) is 5.82 Å². The van der Waals surface area contributed by atoms with Crippen molar-refractivity contribution in [1.82, 2.24) is 9.97 Å². The first-order chi connectivity index (χ1) is 9.40. The Bertz CT molecular complexity index is 750. The third-order valence-corrected chi connectivity index (χ3v) is 3.62. The molecule has 2 N–H and O–H groups in total. The molecule has 2 rings (SSSR count). The number of nitrogens with one attached hydrogen (secondary N) is 1. The number of hydrogen-bond acceptors (Lipinski definition) is 5. The fourth-order valence-corrected chi connectivity index (χ4v) is 2.40. The second kappa shape index (κ2) is 5.21. The van der Waals surface area contributed by atoms with Gasteiger partial charge in [-0.1, -0.05) is 0 Å². The predicted octanol–water partition coefficient (Wildman–Crippen LogP) is 1.11. The molecular weight excluding hydrogens is 289 g/mol. The van der Waals surface area contributed by atoms with Crippen LogP contribution in [0.2, 0.25) is 0 Å². The first-order valence-corrected chi connectivity index (χ1v) is 6.71. The van der Waals surface area contributed by atoms with E-state index in [-0.39, 0.29) is 11.5 Å². The van der Waals surface area contributed by atoms with Gasteiger partial charge in [-0.25, -0.2) is 32.3 Å². The third-order valence-electron chi connectivity index (χ3n) is 2.26. The number of carbonyl (C=O) groups is 1. The molecule has 0 aliphatic carbocycles. The summed E-state index contributed by atoms with van der Waals surface area (Å²) in [6.45, 7) is 0. The van der Waals surface area contributed by atoms with E-state index in [1.54, 1.807) is 0 Å². The Morgan fingerprint density at radius 3 is 2.45 bits per heavy atom. The summed E-state index contributed by atoms with van der Waals surface area (Å²) in [7, 11) is -4.23. The van der Waals surface area contributed by atoms with Crippen molar-refractivity contribution in [3.05, 3.63) is 48.0 Å². The van der Waals surface area contributed by atoms with E-state index in [2.05, 4.69) is 9.97 Å². The number of aromatic nitrogens is 2. The Kier molecular flexibility index (Phi) is 3.61. The van der Waals surface area contributed by atoms with Crippen molar-refractivity contribution >= 4 is 21.9 Å². The van der Waals surface area contributed by atoms with Gasteiger partial charge < -0.3 is 5.11 Å². The number of hydrogen-bond donors (Lipinski definition) is 2. The number of rotatable bonds is 4. The smallest absolute Gasteiger partial charge is 0.335 e. The quantitative estimate of drug-likeness (QED) is 0.875. The molecule has 0 spiro atoms. The Morgan fingerprint density at radius 1 is 1.25 bits per heavy atom. The van der Waals surface area contributed by atoms with E-state index in [0.29, 0.717) is 6.07 Å². The maximum Gasteiger partial charge on any atom is 0.335 e. The molecular formula is C11H8FN3O4S. The molecule has 20 heavy (non-hydrogen) atoms. The first-order valence-electron chi connectivity index (χ1n) is 5.23. The van der Waals surface area contributed by atoms with Crippen molar-refractivity contribution in [3.8, 4) is 0 Å². The zero-order chi connectivity index (χ0) is 14.8. The summed E-state index contributed by atoms with van der Waals surface area (Å²) in [5, 5.41) is 8.69. The average molecular weight is 297 g/mol. The standard InChI is InChI=1S/C11H8FN3O4S/c12-8-6-7(10(16)17)2-3-9(8)20(18,19)15-11-13-4-1-5-14-11/h1-6H,(H,16,17)(H,13,14,15). The van der Waals surface area contributed by atoms with Crippen molar-refractivity contribution in [2.24, 2.45) is 0 Å². The number of aromatic carboxylic acids is 1. The summed E-state index contributed by atoms with van der Waals surface area (Å²) < 4.78 is 39.5. The minimum absolute atomic E-state index is 0.214. The van der Waals surface area contributed by atoms with E-state index < -0.39 is 26.7 Å². The number of anilines is 1. The molecule has 0 unspecified atom stereocenters. The Balaban J connectivity index is 2.37. The second-order valence-corrected chi connectivity index (χ2v) is 5.28. The van der Waals surface area contributed by atoms with E-state index in [9.17, 15) is 17.6 Å². The lowest BCUT2D eigenvalue weighted by Gasteiger charge is -2.07.